The van der Waals surface area contributed by atoms with Gasteiger partial charge in [-0.15, -0.1) is 0 Å². The van der Waals surface area contributed by atoms with Crippen molar-refractivity contribution in [3.05, 3.63) is 0 Å². The molecule has 0 aromatic heterocycles. The third-order valence-corrected chi connectivity index (χ3v) is 6.55. The van der Waals surface area contributed by atoms with E-state index in [2.05, 4.69) is 33.0 Å². The second-order valence-electron chi connectivity index (χ2n) is 8.10. The van der Waals surface area contributed by atoms with Crippen molar-refractivity contribution in [1.82, 2.24) is 5.32 Å². The highest BCUT2D eigenvalue weighted by molar-refractivity contribution is 5.80. The van der Waals surface area contributed by atoms with Gasteiger partial charge < -0.3 is 11.1 Å². The standard InChI is InChI=1S/C18H34N2O/c1-12-16(19)11-10-15(18(12,3)4)17(21)20-13(2)14-8-6-5-7-9-14/h12-16H,5-11,19H2,1-4H3,(H,20,21). The highest BCUT2D eigenvalue weighted by Crippen LogP contribution is 2.44. The lowest BCUT2D eigenvalue weighted by Gasteiger charge is -2.46. The van der Waals surface area contributed by atoms with Crippen LogP contribution in [-0.2, 0) is 4.79 Å². The van der Waals surface area contributed by atoms with Crippen LogP contribution in [0.1, 0.15) is 72.6 Å². The van der Waals surface area contributed by atoms with Gasteiger partial charge in [-0.3, -0.25) is 4.79 Å². The van der Waals surface area contributed by atoms with Crippen LogP contribution in [0.4, 0.5) is 0 Å². The number of nitrogens with two attached hydrogens (primary N) is 1. The molecule has 1 amide bonds. The maximum atomic E-state index is 12.8. The Morgan fingerprint density at radius 2 is 1.76 bits per heavy atom. The smallest absolute Gasteiger partial charge is 0.223 e. The van der Waals surface area contributed by atoms with Crippen LogP contribution in [0.5, 0.6) is 0 Å². The van der Waals surface area contributed by atoms with E-state index in [-0.39, 0.29) is 23.3 Å². The van der Waals surface area contributed by atoms with Crippen molar-refractivity contribution < 1.29 is 4.79 Å². The molecule has 122 valence electrons. The second-order valence-corrected chi connectivity index (χ2v) is 8.10. The van der Waals surface area contributed by atoms with Gasteiger partial charge in [0, 0.05) is 18.0 Å². The lowest BCUT2D eigenvalue weighted by atomic mass is 9.61. The van der Waals surface area contributed by atoms with E-state index in [0.29, 0.717) is 17.9 Å². The van der Waals surface area contributed by atoms with E-state index in [0.717, 1.165) is 12.8 Å². The molecule has 4 atom stereocenters. The molecular weight excluding hydrogens is 260 g/mol. The second kappa shape index (κ2) is 6.68. The fraction of sp³-hybridized carbons (Fsp3) is 0.944. The zero-order valence-corrected chi connectivity index (χ0v) is 14.3. The molecule has 0 heterocycles. The van der Waals surface area contributed by atoms with Gasteiger partial charge in [0.05, 0.1) is 0 Å². The van der Waals surface area contributed by atoms with E-state index in [9.17, 15) is 4.79 Å². The molecule has 2 aliphatic rings. The first kappa shape index (κ1) is 16.8. The minimum absolute atomic E-state index is 0.00592. The van der Waals surface area contributed by atoms with E-state index in [1.54, 1.807) is 0 Å². The molecule has 3 heteroatoms. The highest BCUT2D eigenvalue weighted by atomic mass is 16.2. The predicted molar refractivity (Wildman–Crippen MR) is 87.8 cm³/mol. The van der Waals surface area contributed by atoms with Crippen LogP contribution in [0.2, 0.25) is 0 Å². The fourth-order valence-corrected chi connectivity index (χ4v) is 4.40. The summed E-state index contributed by atoms with van der Waals surface area (Å²) in [4.78, 5) is 12.8. The average Bonchev–Trinajstić information content (AvgIpc) is 2.45. The molecule has 2 fully saturated rings. The normalized spacial score (nSPS) is 35.2. The van der Waals surface area contributed by atoms with Crippen LogP contribution in [0.25, 0.3) is 0 Å². The molecule has 0 saturated heterocycles. The Morgan fingerprint density at radius 1 is 1.14 bits per heavy atom. The summed E-state index contributed by atoms with van der Waals surface area (Å²) in [6.07, 6.45) is 8.47. The molecule has 21 heavy (non-hydrogen) atoms. The maximum Gasteiger partial charge on any atom is 0.223 e. The van der Waals surface area contributed by atoms with Crippen molar-refractivity contribution >= 4 is 5.91 Å². The summed E-state index contributed by atoms with van der Waals surface area (Å²) in [5, 5.41) is 3.33. The predicted octanol–water partition coefficient (Wildman–Crippen LogP) is 3.47. The average molecular weight is 294 g/mol. The Balaban J connectivity index is 1.95. The van der Waals surface area contributed by atoms with Crippen molar-refractivity contribution in [3.8, 4) is 0 Å². The number of hydrogen-bond acceptors (Lipinski definition) is 2. The van der Waals surface area contributed by atoms with Crippen molar-refractivity contribution in [2.24, 2.45) is 28.9 Å². The minimum atomic E-state index is -0.00592. The van der Waals surface area contributed by atoms with Gasteiger partial charge in [-0.2, -0.15) is 0 Å². The quantitative estimate of drug-likeness (QED) is 0.837. The topological polar surface area (TPSA) is 55.1 Å². The molecular formula is C18H34N2O. The third kappa shape index (κ3) is 3.61. The van der Waals surface area contributed by atoms with Gasteiger partial charge in [-0.1, -0.05) is 40.0 Å². The molecule has 2 aliphatic carbocycles. The Labute approximate surface area is 130 Å². The van der Waals surface area contributed by atoms with Crippen LogP contribution in [0, 0.1) is 23.2 Å². The molecule has 0 radical (unpaired) electrons. The first-order chi connectivity index (χ1) is 9.84. The lowest BCUT2D eigenvalue weighted by Crippen LogP contribution is -2.53. The van der Waals surface area contributed by atoms with Gasteiger partial charge in [0.15, 0.2) is 0 Å². The summed E-state index contributed by atoms with van der Waals surface area (Å²) in [6, 6.07) is 0.555. The van der Waals surface area contributed by atoms with E-state index >= 15 is 0 Å². The molecule has 0 aliphatic heterocycles. The Kier molecular flexibility index (Phi) is 5.34. The van der Waals surface area contributed by atoms with Gasteiger partial charge in [0.2, 0.25) is 5.91 Å². The van der Waals surface area contributed by atoms with Gasteiger partial charge in [0.25, 0.3) is 0 Å². The van der Waals surface area contributed by atoms with Crippen LogP contribution < -0.4 is 11.1 Å². The van der Waals surface area contributed by atoms with Gasteiger partial charge in [-0.05, 0) is 49.9 Å². The largest absolute Gasteiger partial charge is 0.353 e. The summed E-state index contributed by atoms with van der Waals surface area (Å²) in [6.45, 7) is 8.83. The van der Waals surface area contributed by atoms with Crippen molar-refractivity contribution in [3.63, 3.8) is 0 Å². The zero-order valence-electron chi connectivity index (χ0n) is 14.3. The molecule has 0 spiro atoms. The van der Waals surface area contributed by atoms with E-state index in [1.807, 2.05) is 0 Å². The molecule has 2 rings (SSSR count). The first-order valence-corrected chi connectivity index (χ1v) is 8.90. The highest BCUT2D eigenvalue weighted by Gasteiger charge is 2.45. The molecule has 4 unspecified atom stereocenters. The molecule has 0 aromatic rings. The number of nitrogens with one attached hydrogen (secondary N) is 1. The molecule has 0 aromatic carbocycles. The first-order valence-electron chi connectivity index (χ1n) is 8.90. The number of rotatable bonds is 3. The summed E-state index contributed by atoms with van der Waals surface area (Å²) in [5.74, 6) is 1.44. The van der Waals surface area contributed by atoms with Crippen LogP contribution in [0.15, 0.2) is 0 Å². The van der Waals surface area contributed by atoms with Crippen molar-refractivity contribution in [1.29, 1.82) is 0 Å². The van der Waals surface area contributed by atoms with E-state index in [1.165, 1.54) is 32.1 Å². The molecule has 0 bridgehead atoms. The van der Waals surface area contributed by atoms with Gasteiger partial charge >= 0.3 is 0 Å². The van der Waals surface area contributed by atoms with Crippen molar-refractivity contribution in [2.75, 3.05) is 0 Å². The SMILES string of the molecule is CC(NC(=O)C1CCC(N)C(C)C1(C)C)C1CCCCC1. The maximum absolute atomic E-state index is 12.8. The van der Waals surface area contributed by atoms with Crippen molar-refractivity contribution in [2.45, 2.75) is 84.7 Å². The summed E-state index contributed by atoms with van der Waals surface area (Å²) < 4.78 is 0. The Bertz CT molecular complexity index is 360. The van der Waals surface area contributed by atoms with Crippen LogP contribution in [-0.4, -0.2) is 18.0 Å². The van der Waals surface area contributed by atoms with Gasteiger partial charge in [-0.25, -0.2) is 0 Å². The fourth-order valence-electron chi connectivity index (χ4n) is 4.40. The number of amides is 1. The summed E-state index contributed by atoms with van der Waals surface area (Å²) >= 11 is 0. The minimum Gasteiger partial charge on any atom is -0.353 e. The Hall–Kier alpha value is -0.570. The molecule has 3 N–H and O–H groups in total. The zero-order chi connectivity index (χ0) is 15.6. The molecule has 2 saturated carbocycles. The summed E-state index contributed by atoms with van der Waals surface area (Å²) in [7, 11) is 0. The van der Waals surface area contributed by atoms with E-state index in [4.69, 9.17) is 5.73 Å². The van der Waals surface area contributed by atoms with Crippen LogP contribution >= 0.6 is 0 Å². The number of carbonyl (C=O) groups excluding carboxylic acids is 1. The summed E-state index contributed by atoms with van der Waals surface area (Å²) in [5.41, 5.74) is 6.20. The number of hydrogen-bond donors (Lipinski definition) is 2. The molecule has 3 nitrogen and oxygen atoms in total. The van der Waals surface area contributed by atoms with E-state index < -0.39 is 0 Å². The van der Waals surface area contributed by atoms with Gasteiger partial charge in [0.1, 0.15) is 0 Å². The third-order valence-electron chi connectivity index (χ3n) is 6.55. The number of carbonyl (C=O) groups is 1. The monoisotopic (exact) mass is 294 g/mol. The van der Waals surface area contributed by atoms with Crippen LogP contribution in [0.3, 0.4) is 0 Å². The Morgan fingerprint density at radius 3 is 2.38 bits per heavy atom. The lowest BCUT2D eigenvalue weighted by molar-refractivity contribution is -0.133.